The van der Waals surface area contributed by atoms with Crippen molar-refractivity contribution in [2.45, 2.75) is 31.7 Å². The van der Waals surface area contributed by atoms with E-state index in [2.05, 4.69) is 17.6 Å². The standard InChI is InChI=1S/C19H21ClN4OS2/c1-19(6-2-7-21-12-19)15-9-17(22-10-14-3-4-16(20)27-14)24(23-15)18(25)13-5-8-26-11-13/h3-5,8-9,11,21-22H,2,6-7,10,12H2,1H3. The summed E-state index contributed by atoms with van der Waals surface area (Å²) in [5.74, 6) is 0.610. The maximum atomic E-state index is 13.0. The highest BCUT2D eigenvalue weighted by atomic mass is 35.5. The van der Waals surface area contributed by atoms with Crippen LogP contribution >= 0.6 is 34.3 Å². The molecule has 1 saturated heterocycles. The summed E-state index contributed by atoms with van der Waals surface area (Å²) in [7, 11) is 0. The summed E-state index contributed by atoms with van der Waals surface area (Å²) in [6, 6.07) is 7.74. The highest BCUT2D eigenvalue weighted by Gasteiger charge is 2.33. The van der Waals surface area contributed by atoms with Crippen molar-refractivity contribution in [3.63, 3.8) is 0 Å². The lowest BCUT2D eigenvalue weighted by atomic mass is 9.80. The molecule has 0 aliphatic carbocycles. The first-order valence-corrected chi connectivity index (χ1v) is 11.1. The van der Waals surface area contributed by atoms with E-state index in [4.69, 9.17) is 16.7 Å². The Morgan fingerprint density at radius 3 is 3.00 bits per heavy atom. The molecule has 0 radical (unpaired) electrons. The Balaban J connectivity index is 1.65. The van der Waals surface area contributed by atoms with Gasteiger partial charge in [-0.1, -0.05) is 18.5 Å². The molecule has 0 amide bonds. The van der Waals surface area contributed by atoms with E-state index in [1.807, 2.05) is 35.0 Å². The van der Waals surface area contributed by atoms with Crippen LogP contribution in [0.5, 0.6) is 0 Å². The fraction of sp³-hybridized carbons (Fsp3) is 0.368. The van der Waals surface area contributed by atoms with Gasteiger partial charge < -0.3 is 10.6 Å². The number of halogens is 1. The number of nitrogens with zero attached hydrogens (tertiary/aromatic N) is 2. The summed E-state index contributed by atoms with van der Waals surface area (Å²) in [5, 5.41) is 15.3. The average molecular weight is 421 g/mol. The quantitative estimate of drug-likeness (QED) is 0.633. The summed E-state index contributed by atoms with van der Waals surface area (Å²) in [5.41, 5.74) is 1.54. The van der Waals surface area contributed by atoms with E-state index < -0.39 is 0 Å². The molecule has 142 valence electrons. The molecular formula is C19H21ClN4OS2. The number of carbonyl (C=O) groups is 1. The third-order valence-electron chi connectivity index (χ3n) is 4.96. The smallest absolute Gasteiger partial charge is 0.280 e. The van der Waals surface area contributed by atoms with Gasteiger partial charge in [-0.05, 0) is 43.0 Å². The van der Waals surface area contributed by atoms with Crippen molar-refractivity contribution in [1.29, 1.82) is 0 Å². The van der Waals surface area contributed by atoms with Gasteiger partial charge in [-0.3, -0.25) is 4.79 Å². The number of aromatic nitrogens is 2. The minimum atomic E-state index is -0.110. The topological polar surface area (TPSA) is 59.0 Å². The Bertz CT molecular complexity index is 926. The fourth-order valence-corrected chi connectivity index (χ4v) is 5.02. The molecule has 0 spiro atoms. The van der Waals surface area contributed by atoms with Gasteiger partial charge in [-0.2, -0.15) is 21.1 Å². The highest BCUT2D eigenvalue weighted by molar-refractivity contribution is 7.16. The lowest BCUT2D eigenvalue weighted by Crippen LogP contribution is -2.41. The number of hydrogen-bond acceptors (Lipinski definition) is 6. The number of piperidine rings is 1. The first-order valence-electron chi connectivity index (χ1n) is 8.91. The number of carbonyl (C=O) groups excluding carboxylic acids is 1. The molecule has 5 nitrogen and oxygen atoms in total. The van der Waals surface area contributed by atoms with E-state index in [-0.39, 0.29) is 11.3 Å². The Hall–Kier alpha value is -1.67. The Morgan fingerprint density at radius 1 is 1.44 bits per heavy atom. The molecule has 4 heterocycles. The van der Waals surface area contributed by atoms with Crippen molar-refractivity contribution >= 4 is 46.0 Å². The number of hydrogen-bond donors (Lipinski definition) is 2. The zero-order valence-corrected chi connectivity index (χ0v) is 17.4. The van der Waals surface area contributed by atoms with Crippen LogP contribution in [0.25, 0.3) is 0 Å². The van der Waals surface area contributed by atoms with Gasteiger partial charge in [0.2, 0.25) is 0 Å². The van der Waals surface area contributed by atoms with Crippen molar-refractivity contribution in [2.75, 3.05) is 18.4 Å². The van der Waals surface area contributed by atoms with Gasteiger partial charge in [0, 0.05) is 28.3 Å². The predicted octanol–water partition coefficient (Wildman–Crippen LogP) is 4.60. The molecule has 0 aromatic carbocycles. The molecule has 1 aliphatic heterocycles. The van der Waals surface area contributed by atoms with Crippen molar-refractivity contribution in [3.8, 4) is 0 Å². The molecule has 0 bridgehead atoms. The predicted molar refractivity (Wildman–Crippen MR) is 112 cm³/mol. The van der Waals surface area contributed by atoms with Crippen LogP contribution in [0.4, 0.5) is 5.82 Å². The maximum Gasteiger partial charge on any atom is 0.280 e. The van der Waals surface area contributed by atoms with Gasteiger partial charge in [0.05, 0.1) is 22.1 Å². The maximum absolute atomic E-state index is 13.0. The minimum absolute atomic E-state index is 0.0684. The number of rotatable bonds is 5. The fourth-order valence-electron chi connectivity index (χ4n) is 3.36. The van der Waals surface area contributed by atoms with Crippen LogP contribution in [0.15, 0.2) is 35.0 Å². The van der Waals surface area contributed by atoms with Crippen LogP contribution in [0, 0.1) is 0 Å². The SMILES string of the molecule is CC1(c2cc(NCc3ccc(Cl)s3)n(C(=O)c3ccsc3)n2)CCCNC1. The largest absolute Gasteiger partial charge is 0.365 e. The van der Waals surface area contributed by atoms with Crippen LogP contribution in [0.3, 0.4) is 0 Å². The molecule has 0 saturated carbocycles. The third kappa shape index (κ3) is 3.96. The molecule has 27 heavy (non-hydrogen) atoms. The molecular weight excluding hydrogens is 400 g/mol. The molecule has 3 aromatic heterocycles. The van der Waals surface area contributed by atoms with Crippen LogP contribution in [-0.4, -0.2) is 28.8 Å². The second kappa shape index (κ2) is 7.75. The van der Waals surface area contributed by atoms with E-state index in [0.29, 0.717) is 12.1 Å². The summed E-state index contributed by atoms with van der Waals surface area (Å²) >= 11 is 9.07. The molecule has 8 heteroatoms. The molecule has 1 unspecified atom stereocenters. The van der Waals surface area contributed by atoms with Gasteiger partial charge in [0.25, 0.3) is 5.91 Å². The molecule has 1 aliphatic rings. The summed E-state index contributed by atoms with van der Waals surface area (Å²) in [6.07, 6.45) is 2.17. The summed E-state index contributed by atoms with van der Waals surface area (Å²) < 4.78 is 2.27. The molecule has 1 atom stereocenters. The van der Waals surface area contributed by atoms with Crippen LogP contribution in [-0.2, 0) is 12.0 Å². The summed E-state index contributed by atoms with van der Waals surface area (Å²) in [6.45, 7) is 4.73. The highest BCUT2D eigenvalue weighted by Crippen LogP contribution is 2.32. The van der Waals surface area contributed by atoms with E-state index >= 15 is 0 Å². The Kier molecular flexibility index (Phi) is 5.36. The van der Waals surface area contributed by atoms with E-state index in [0.717, 1.165) is 46.7 Å². The van der Waals surface area contributed by atoms with E-state index in [1.165, 1.54) is 27.4 Å². The van der Waals surface area contributed by atoms with Crippen LogP contribution < -0.4 is 10.6 Å². The lowest BCUT2D eigenvalue weighted by molar-refractivity contribution is 0.0946. The van der Waals surface area contributed by atoms with Crippen molar-refractivity contribution in [1.82, 2.24) is 15.1 Å². The van der Waals surface area contributed by atoms with Crippen molar-refractivity contribution < 1.29 is 4.79 Å². The number of anilines is 1. The zero-order chi connectivity index (χ0) is 18.9. The van der Waals surface area contributed by atoms with E-state index in [1.54, 1.807) is 0 Å². The van der Waals surface area contributed by atoms with Crippen LogP contribution in [0.1, 0.15) is 40.7 Å². The average Bonchev–Trinajstić information content (AvgIpc) is 3.41. The van der Waals surface area contributed by atoms with Crippen molar-refractivity contribution in [2.24, 2.45) is 0 Å². The molecule has 4 rings (SSSR count). The van der Waals surface area contributed by atoms with E-state index in [9.17, 15) is 4.79 Å². The second-order valence-electron chi connectivity index (χ2n) is 7.04. The van der Waals surface area contributed by atoms with Gasteiger partial charge in [-0.25, -0.2) is 0 Å². The first kappa shape index (κ1) is 18.7. The number of thiophene rings is 2. The van der Waals surface area contributed by atoms with Gasteiger partial charge in [0.15, 0.2) is 0 Å². The minimum Gasteiger partial charge on any atom is -0.365 e. The third-order valence-corrected chi connectivity index (χ3v) is 6.87. The first-order chi connectivity index (χ1) is 13.0. The van der Waals surface area contributed by atoms with Gasteiger partial charge >= 0.3 is 0 Å². The normalized spacial score (nSPS) is 19.9. The summed E-state index contributed by atoms with van der Waals surface area (Å²) in [4.78, 5) is 14.1. The van der Waals surface area contributed by atoms with Gasteiger partial charge in [-0.15, -0.1) is 11.3 Å². The molecule has 3 aromatic rings. The monoisotopic (exact) mass is 420 g/mol. The second-order valence-corrected chi connectivity index (χ2v) is 9.62. The van der Waals surface area contributed by atoms with Crippen molar-refractivity contribution in [3.05, 3.63) is 55.5 Å². The lowest BCUT2D eigenvalue weighted by Gasteiger charge is -2.32. The molecule has 2 N–H and O–H groups in total. The number of nitrogens with one attached hydrogen (secondary N) is 2. The molecule has 1 fully saturated rings. The Labute approximate surface area is 171 Å². The Morgan fingerprint density at radius 2 is 2.33 bits per heavy atom. The zero-order valence-electron chi connectivity index (χ0n) is 15.0. The van der Waals surface area contributed by atoms with Gasteiger partial charge in [0.1, 0.15) is 5.82 Å². The van der Waals surface area contributed by atoms with Crippen LogP contribution in [0.2, 0.25) is 4.34 Å².